The number of sulfonamides is 1. The van der Waals surface area contributed by atoms with Crippen molar-refractivity contribution in [3.05, 3.63) is 88.8 Å². The molecule has 0 bridgehead atoms. The number of furan rings is 1. The minimum absolute atomic E-state index is 0.137. The predicted molar refractivity (Wildman–Crippen MR) is 114 cm³/mol. The lowest BCUT2D eigenvalue weighted by Gasteiger charge is -2.11. The summed E-state index contributed by atoms with van der Waals surface area (Å²) in [6, 6.07) is 15.8. The fourth-order valence-corrected chi connectivity index (χ4v) is 3.70. The number of nitrogens with one attached hydrogen (secondary N) is 3. The Bertz CT molecular complexity index is 1140. The molecule has 0 radical (unpaired) electrons. The minimum Gasteiger partial charge on any atom is -0.460 e. The van der Waals surface area contributed by atoms with E-state index in [0.29, 0.717) is 22.7 Å². The summed E-state index contributed by atoms with van der Waals surface area (Å²) in [4.78, 5) is 12.4. The molecule has 1 aromatic heterocycles. The van der Waals surface area contributed by atoms with E-state index in [1.165, 1.54) is 36.4 Å². The standard InChI is InChI=1S/C20H18BrN3O4S/c1-13-3-12-19(28-13)14(2)22-23-20(25)15-4-8-17(9-5-15)24-29(26,27)18-10-6-16(21)7-11-18/h3-12,22,24H,2H2,1H3,(H,23,25). The molecule has 9 heteroatoms. The van der Waals surface area contributed by atoms with Gasteiger partial charge < -0.3 is 4.42 Å². The summed E-state index contributed by atoms with van der Waals surface area (Å²) in [7, 11) is -3.72. The fourth-order valence-electron chi connectivity index (χ4n) is 2.38. The van der Waals surface area contributed by atoms with Crippen LogP contribution in [-0.2, 0) is 10.0 Å². The zero-order valence-electron chi connectivity index (χ0n) is 15.4. The highest BCUT2D eigenvalue weighted by Crippen LogP contribution is 2.19. The third-order valence-corrected chi connectivity index (χ3v) is 5.81. The molecule has 2 aromatic carbocycles. The van der Waals surface area contributed by atoms with Crippen LogP contribution in [0, 0.1) is 6.92 Å². The lowest BCUT2D eigenvalue weighted by atomic mass is 10.2. The van der Waals surface area contributed by atoms with Crippen molar-refractivity contribution in [2.75, 3.05) is 4.72 Å². The number of aryl methyl sites for hydroxylation is 1. The van der Waals surface area contributed by atoms with Gasteiger partial charge in [-0.2, -0.15) is 0 Å². The third-order valence-electron chi connectivity index (χ3n) is 3.89. The molecule has 0 saturated carbocycles. The van der Waals surface area contributed by atoms with E-state index in [2.05, 4.69) is 38.1 Å². The van der Waals surface area contributed by atoms with Gasteiger partial charge in [-0.05, 0) is 67.6 Å². The van der Waals surface area contributed by atoms with Crippen LogP contribution in [-0.4, -0.2) is 14.3 Å². The highest BCUT2D eigenvalue weighted by atomic mass is 79.9. The molecule has 3 rings (SSSR count). The van der Waals surface area contributed by atoms with Crippen molar-refractivity contribution in [1.29, 1.82) is 0 Å². The van der Waals surface area contributed by atoms with Crippen LogP contribution in [0.1, 0.15) is 21.9 Å². The molecule has 7 nitrogen and oxygen atoms in total. The summed E-state index contributed by atoms with van der Waals surface area (Å²) < 4.78 is 33.5. The van der Waals surface area contributed by atoms with Crippen LogP contribution in [0.15, 0.2) is 81.0 Å². The number of amides is 1. The normalized spacial score (nSPS) is 11.0. The zero-order valence-corrected chi connectivity index (χ0v) is 17.8. The fraction of sp³-hybridized carbons (Fsp3) is 0.0500. The van der Waals surface area contributed by atoms with Gasteiger partial charge in [0.05, 0.1) is 10.6 Å². The van der Waals surface area contributed by atoms with E-state index in [9.17, 15) is 13.2 Å². The second-order valence-electron chi connectivity index (χ2n) is 6.10. The Morgan fingerprint density at radius 1 is 0.966 bits per heavy atom. The lowest BCUT2D eigenvalue weighted by molar-refractivity contribution is 0.0942. The van der Waals surface area contributed by atoms with E-state index < -0.39 is 15.9 Å². The Hall–Kier alpha value is -3.04. The van der Waals surface area contributed by atoms with E-state index in [1.807, 2.05) is 6.92 Å². The lowest BCUT2D eigenvalue weighted by Crippen LogP contribution is -2.35. The van der Waals surface area contributed by atoms with E-state index >= 15 is 0 Å². The third kappa shape index (κ3) is 5.27. The summed E-state index contributed by atoms with van der Waals surface area (Å²) in [6.07, 6.45) is 0. The topological polar surface area (TPSA) is 100 Å². The van der Waals surface area contributed by atoms with E-state index in [-0.39, 0.29) is 4.90 Å². The average Bonchev–Trinajstić information content (AvgIpc) is 3.13. The molecule has 0 spiro atoms. The smallest absolute Gasteiger partial charge is 0.269 e. The predicted octanol–water partition coefficient (Wildman–Crippen LogP) is 4.06. The minimum atomic E-state index is -3.72. The van der Waals surface area contributed by atoms with Gasteiger partial charge in [-0.1, -0.05) is 22.5 Å². The molecular formula is C20H18BrN3O4S. The molecule has 1 amide bonds. The van der Waals surface area contributed by atoms with Gasteiger partial charge in [-0.3, -0.25) is 20.4 Å². The SMILES string of the molecule is C=C(NNC(=O)c1ccc(NS(=O)(=O)c2ccc(Br)cc2)cc1)c1ccc(C)o1. The Morgan fingerprint density at radius 2 is 1.62 bits per heavy atom. The van der Waals surface area contributed by atoms with Crippen LogP contribution in [0.5, 0.6) is 0 Å². The molecule has 3 N–H and O–H groups in total. The van der Waals surface area contributed by atoms with E-state index in [0.717, 1.165) is 10.2 Å². The van der Waals surface area contributed by atoms with Crippen molar-refractivity contribution in [2.45, 2.75) is 11.8 Å². The molecule has 29 heavy (non-hydrogen) atoms. The van der Waals surface area contributed by atoms with Gasteiger partial charge in [0.2, 0.25) is 0 Å². The van der Waals surface area contributed by atoms with Crippen LogP contribution >= 0.6 is 15.9 Å². The molecule has 0 fully saturated rings. The molecule has 0 aliphatic heterocycles. The van der Waals surface area contributed by atoms with Crippen LogP contribution in [0.25, 0.3) is 5.70 Å². The molecule has 150 valence electrons. The average molecular weight is 476 g/mol. The maximum absolute atomic E-state index is 12.4. The Kier molecular flexibility index (Phi) is 6.09. The number of carbonyl (C=O) groups excluding carboxylic acids is 1. The molecule has 0 aliphatic rings. The molecule has 1 heterocycles. The molecule has 0 unspecified atom stereocenters. The van der Waals surface area contributed by atoms with Crippen molar-refractivity contribution in [1.82, 2.24) is 10.9 Å². The van der Waals surface area contributed by atoms with Gasteiger partial charge in [0.25, 0.3) is 15.9 Å². The number of carbonyl (C=O) groups is 1. The number of anilines is 1. The Labute approximate surface area is 177 Å². The van der Waals surface area contributed by atoms with E-state index in [1.54, 1.807) is 24.3 Å². The summed E-state index contributed by atoms with van der Waals surface area (Å²) in [5.41, 5.74) is 6.29. The summed E-state index contributed by atoms with van der Waals surface area (Å²) in [5.74, 6) is 0.840. The van der Waals surface area contributed by atoms with Gasteiger partial charge in [0, 0.05) is 15.7 Å². The monoisotopic (exact) mass is 475 g/mol. The van der Waals surface area contributed by atoms with Crippen molar-refractivity contribution < 1.29 is 17.6 Å². The quantitative estimate of drug-likeness (QED) is 0.447. The van der Waals surface area contributed by atoms with Crippen molar-refractivity contribution in [3.63, 3.8) is 0 Å². The summed E-state index contributed by atoms with van der Waals surface area (Å²) in [5, 5.41) is 0. The maximum atomic E-state index is 12.4. The second-order valence-corrected chi connectivity index (χ2v) is 8.70. The first-order valence-corrected chi connectivity index (χ1v) is 10.7. The molecule has 3 aromatic rings. The largest absolute Gasteiger partial charge is 0.460 e. The van der Waals surface area contributed by atoms with Crippen molar-refractivity contribution >= 4 is 43.2 Å². The number of hydrogen-bond donors (Lipinski definition) is 3. The van der Waals surface area contributed by atoms with Crippen molar-refractivity contribution in [3.8, 4) is 0 Å². The van der Waals surface area contributed by atoms with Gasteiger partial charge in [0.15, 0.2) is 5.76 Å². The first kappa shape index (κ1) is 20.7. The molecular weight excluding hydrogens is 458 g/mol. The first-order chi connectivity index (χ1) is 13.7. The number of benzene rings is 2. The highest BCUT2D eigenvalue weighted by molar-refractivity contribution is 9.10. The van der Waals surface area contributed by atoms with E-state index in [4.69, 9.17) is 4.42 Å². The number of rotatable bonds is 7. The van der Waals surface area contributed by atoms with Gasteiger partial charge in [0.1, 0.15) is 5.76 Å². The van der Waals surface area contributed by atoms with Gasteiger partial charge in [-0.15, -0.1) is 0 Å². The Balaban J connectivity index is 1.61. The molecule has 0 atom stereocenters. The summed E-state index contributed by atoms with van der Waals surface area (Å²) in [6.45, 7) is 5.60. The molecule has 0 saturated heterocycles. The Morgan fingerprint density at radius 3 is 2.21 bits per heavy atom. The zero-order chi connectivity index (χ0) is 21.0. The van der Waals surface area contributed by atoms with Gasteiger partial charge >= 0.3 is 0 Å². The second kappa shape index (κ2) is 8.54. The van der Waals surface area contributed by atoms with Crippen LogP contribution in [0.3, 0.4) is 0 Å². The van der Waals surface area contributed by atoms with Crippen molar-refractivity contribution in [2.24, 2.45) is 0 Å². The maximum Gasteiger partial charge on any atom is 0.269 e. The first-order valence-electron chi connectivity index (χ1n) is 8.45. The van der Waals surface area contributed by atoms with Gasteiger partial charge in [-0.25, -0.2) is 8.42 Å². The van der Waals surface area contributed by atoms with Crippen LogP contribution in [0.2, 0.25) is 0 Å². The number of halogens is 1. The van der Waals surface area contributed by atoms with Crippen LogP contribution < -0.4 is 15.6 Å². The summed E-state index contributed by atoms with van der Waals surface area (Å²) >= 11 is 3.27. The molecule has 0 aliphatic carbocycles. The number of hydrogen-bond acceptors (Lipinski definition) is 5. The highest BCUT2D eigenvalue weighted by Gasteiger charge is 2.14. The van der Waals surface area contributed by atoms with Crippen LogP contribution in [0.4, 0.5) is 5.69 Å². The number of hydrazine groups is 1.